The first-order valence-electron chi connectivity index (χ1n) is 8.74. The van der Waals surface area contributed by atoms with E-state index < -0.39 is 12.8 Å². The zero-order chi connectivity index (χ0) is 20.1. The lowest BCUT2D eigenvalue weighted by Gasteiger charge is -2.17. The first-order valence-corrected chi connectivity index (χ1v) is 8.74. The van der Waals surface area contributed by atoms with Crippen molar-refractivity contribution in [3.63, 3.8) is 0 Å². The quantitative estimate of drug-likeness (QED) is 0.204. The average Bonchev–Trinajstić information content (AvgIpc) is 2.64. The van der Waals surface area contributed by atoms with Crippen LogP contribution in [-0.4, -0.2) is 71.1 Å². The number of guanidine groups is 1. The number of benzene rings is 1. The largest absolute Gasteiger partial charge is 0.484 e. The highest BCUT2D eigenvalue weighted by Gasteiger charge is 2.28. The molecule has 0 heterocycles. The molecule has 0 amide bonds. The van der Waals surface area contributed by atoms with Gasteiger partial charge in [0, 0.05) is 33.8 Å². The minimum atomic E-state index is -4.34. The van der Waals surface area contributed by atoms with Gasteiger partial charge in [0.05, 0.1) is 6.61 Å². The molecule has 2 N–H and O–H groups in total. The summed E-state index contributed by atoms with van der Waals surface area (Å²) < 4.78 is 46.1. The summed E-state index contributed by atoms with van der Waals surface area (Å²) in [5, 5.41) is 6.40. The van der Waals surface area contributed by atoms with Gasteiger partial charge < -0.3 is 25.0 Å². The normalized spacial score (nSPS) is 11.9. The van der Waals surface area contributed by atoms with E-state index in [0.717, 1.165) is 31.6 Å². The third-order valence-corrected chi connectivity index (χ3v) is 3.70. The number of methoxy groups -OCH3 is 1. The topological polar surface area (TPSA) is 58.1 Å². The number of nitrogens with zero attached hydrogens (tertiary/aromatic N) is 2. The van der Waals surface area contributed by atoms with Gasteiger partial charge in [0.25, 0.3) is 0 Å². The second-order valence-corrected chi connectivity index (χ2v) is 6.05. The molecule has 1 rings (SSSR count). The Morgan fingerprint density at radius 1 is 1.14 bits per heavy atom. The molecule has 0 atom stereocenters. The molecule has 0 saturated heterocycles. The number of rotatable bonds is 11. The Hall–Kier alpha value is -1.27. The molecule has 1 aromatic carbocycles. The van der Waals surface area contributed by atoms with Crippen molar-refractivity contribution in [2.45, 2.75) is 19.1 Å². The second-order valence-electron chi connectivity index (χ2n) is 6.05. The number of nitrogens with one attached hydrogen (secondary N) is 2. The number of aliphatic imine (C=N–C) groups is 1. The van der Waals surface area contributed by atoms with E-state index in [9.17, 15) is 13.2 Å². The van der Waals surface area contributed by atoms with Crippen LogP contribution in [0.15, 0.2) is 29.3 Å². The van der Waals surface area contributed by atoms with Gasteiger partial charge >= 0.3 is 6.18 Å². The minimum Gasteiger partial charge on any atom is -0.484 e. The molecule has 6 nitrogen and oxygen atoms in total. The highest BCUT2D eigenvalue weighted by atomic mass is 127. The van der Waals surface area contributed by atoms with E-state index in [1.165, 1.54) is 12.1 Å². The molecule has 0 aliphatic rings. The van der Waals surface area contributed by atoms with Crippen LogP contribution in [0.4, 0.5) is 13.2 Å². The van der Waals surface area contributed by atoms with E-state index >= 15 is 0 Å². The van der Waals surface area contributed by atoms with Crippen LogP contribution >= 0.6 is 24.0 Å². The van der Waals surface area contributed by atoms with Crippen molar-refractivity contribution in [1.29, 1.82) is 0 Å². The first-order chi connectivity index (χ1) is 12.8. The molecule has 0 spiro atoms. The summed E-state index contributed by atoms with van der Waals surface area (Å²) in [6.07, 6.45) is -3.37. The Morgan fingerprint density at radius 3 is 2.39 bits per heavy atom. The predicted octanol–water partition coefficient (Wildman–Crippen LogP) is 2.88. The maximum atomic E-state index is 12.1. The fraction of sp³-hybridized carbons (Fsp3) is 0.611. The molecule has 0 aromatic heterocycles. The summed E-state index contributed by atoms with van der Waals surface area (Å²) in [5.41, 5.74) is 0.914. The third-order valence-electron chi connectivity index (χ3n) is 3.70. The molecular formula is C18H30F3IN4O2. The Labute approximate surface area is 181 Å². The molecule has 0 radical (unpaired) electrons. The van der Waals surface area contributed by atoms with Gasteiger partial charge in [0.15, 0.2) is 12.6 Å². The number of hydrogen-bond donors (Lipinski definition) is 2. The summed E-state index contributed by atoms with van der Waals surface area (Å²) in [5.74, 6) is 0.864. The predicted molar refractivity (Wildman–Crippen MR) is 116 cm³/mol. The van der Waals surface area contributed by atoms with Crippen LogP contribution in [0.5, 0.6) is 5.75 Å². The molecule has 0 aliphatic carbocycles. The number of likely N-dealkylation sites (N-methyl/N-ethyl adjacent to an activating group) is 1. The Balaban J connectivity index is 0.00000729. The average molecular weight is 518 g/mol. The highest BCUT2D eigenvalue weighted by Crippen LogP contribution is 2.18. The van der Waals surface area contributed by atoms with Gasteiger partial charge in [0.1, 0.15) is 5.75 Å². The van der Waals surface area contributed by atoms with Crippen LogP contribution in [0.25, 0.3) is 0 Å². The molecule has 0 bridgehead atoms. The zero-order valence-electron chi connectivity index (χ0n) is 16.5. The number of ether oxygens (including phenoxy) is 2. The molecule has 1 aromatic rings. The molecular weight excluding hydrogens is 488 g/mol. The fourth-order valence-corrected chi connectivity index (χ4v) is 2.19. The summed E-state index contributed by atoms with van der Waals surface area (Å²) in [6, 6.07) is 6.48. The Bertz CT molecular complexity index is 557. The molecule has 10 heteroatoms. The monoisotopic (exact) mass is 518 g/mol. The maximum Gasteiger partial charge on any atom is 0.422 e. The zero-order valence-corrected chi connectivity index (χ0v) is 18.8. The third kappa shape index (κ3) is 13.0. The molecule has 162 valence electrons. The fourth-order valence-electron chi connectivity index (χ4n) is 2.19. The minimum absolute atomic E-state index is 0. The van der Waals surface area contributed by atoms with Gasteiger partial charge in [-0.2, -0.15) is 13.2 Å². The van der Waals surface area contributed by atoms with Gasteiger partial charge in [-0.05, 0) is 37.7 Å². The van der Waals surface area contributed by atoms with E-state index in [4.69, 9.17) is 4.74 Å². The van der Waals surface area contributed by atoms with E-state index in [1.807, 2.05) is 7.05 Å². The summed E-state index contributed by atoms with van der Waals surface area (Å²) >= 11 is 0. The Morgan fingerprint density at radius 2 is 1.82 bits per heavy atom. The second kappa shape index (κ2) is 14.7. The van der Waals surface area contributed by atoms with Gasteiger partial charge in [-0.1, -0.05) is 12.1 Å². The standard InChI is InChI=1S/C18H29F3N4O2.HI/c1-22-17(23-9-4-10-25(2)11-12-26-3)24-13-15-5-7-16(8-6-15)27-14-18(19,20)21;/h5-8H,4,9-14H2,1-3H3,(H2,22,23,24);1H. The van der Waals surface area contributed by atoms with Crippen LogP contribution < -0.4 is 15.4 Å². The molecule has 0 saturated carbocycles. The SMILES string of the molecule is CN=C(NCCCN(C)CCOC)NCc1ccc(OCC(F)(F)F)cc1.I. The molecule has 28 heavy (non-hydrogen) atoms. The highest BCUT2D eigenvalue weighted by molar-refractivity contribution is 14.0. The van der Waals surface area contributed by atoms with E-state index in [-0.39, 0.29) is 29.7 Å². The van der Waals surface area contributed by atoms with Crippen molar-refractivity contribution >= 4 is 29.9 Å². The Kier molecular flexibility index (Phi) is 14.0. The summed E-state index contributed by atoms with van der Waals surface area (Å²) in [4.78, 5) is 6.35. The molecule has 0 fully saturated rings. The van der Waals surface area contributed by atoms with Crippen LogP contribution in [0.1, 0.15) is 12.0 Å². The van der Waals surface area contributed by atoms with E-state index in [1.54, 1.807) is 26.3 Å². The smallest absolute Gasteiger partial charge is 0.422 e. The van der Waals surface area contributed by atoms with Gasteiger partial charge in [-0.15, -0.1) is 24.0 Å². The van der Waals surface area contributed by atoms with Crippen LogP contribution in [-0.2, 0) is 11.3 Å². The van der Waals surface area contributed by atoms with Crippen LogP contribution in [0, 0.1) is 0 Å². The van der Waals surface area contributed by atoms with Gasteiger partial charge in [-0.25, -0.2) is 0 Å². The van der Waals surface area contributed by atoms with Crippen molar-refractivity contribution in [2.75, 3.05) is 54.1 Å². The number of halogens is 4. The number of alkyl halides is 3. The van der Waals surface area contributed by atoms with Crippen molar-refractivity contribution in [3.05, 3.63) is 29.8 Å². The van der Waals surface area contributed by atoms with Crippen LogP contribution in [0.3, 0.4) is 0 Å². The van der Waals surface area contributed by atoms with Gasteiger partial charge in [0.2, 0.25) is 0 Å². The van der Waals surface area contributed by atoms with Crippen molar-refractivity contribution < 1.29 is 22.6 Å². The lowest BCUT2D eigenvalue weighted by atomic mass is 10.2. The van der Waals surface area contributed by atoms with Crippen LogP contribution in [0.2, 0.25) is 0 Å². The van der Waals surface area contributed by atoms with Gasteiger partial charge in [-0.3, -0.25) is 4.99 Å². The number of hydrogen-bond acceptors (Lipinski definition) is 4. The summed E-state index contributed by atoms with van der Waals surface area (Å²) in [7, 11) is 5.43. The lowest BCUT2D eigenvalue weighted by Crippen LogP contribution is -2.38. The van der Waals surface area contributed by atoms with Crippen molar-refractivity contribution in [1.82, 2.24) is 15.5 Å². The molecule has 0 aliphatic heterocycles. The van der Waals surface area contributed by atoms with E-state index in [0.29, 0.717) is 19.1 Å². The molecule has 0 unspecified atom stereocenters. The first kappa shape index (κ1) is 26.7. The summed E-state index contributed by atoms with van der Waals surface area (Å²) in [6.45, 7) is 2.56. The lowest BCUT2D eigenvalue weighted by molar-refractivity contribution is -0.153. The van der Waals surface area contributed by atoms with E-state index in [2.05, 4.69) is 25.3 Å². The maximum absolute atomic E-state index is 12.1. The van der Waals surface area contributed by atoms with Crippen molar-refractivity contribution in [3.8, 4) is 5.75 Å². The van der Waals surface area contributed by atoms with Crippen molar-refractivity contribution in [2.24, 2.45) is 4.99 Å².